The smallest absolute Gasteiger partial charge is 0.236 e. The fraction of sp³-hybridized carbons (Fsp3) is 0.500. The Morgan fingerprint density at radius 1 is 1.42 bits per heavy atom. The third-order valence-electron chi connectivity index (χ3n) is 2.57. The van der Waals surface area contributed by atoms with E-state index in [2.05, 4.69) is 10.0 Å². The number of sulfonamides is 1. The molecule has 4 nitrogen and oxygen atoms in total. The molecule has 1 rings (SSSR count). The Bertz CT molecular complexity index is 522. The van der Waals surface area contributed by atoms with Crippen molar-refractivity contribution < 1.29 is 12.8 Å². The van der Waals surface area contributed by atoms with Crippen LogP contribution in [0.1, 0.15) is 20.3 Å². The molecule has 0 spiro atoms. The third kappa shape index (κ3) is 5.23. The zero-order chi connectivity index (χ0) is 14.5. The number of benzene rings is 1. The van der Waals surface area contributed by atoms with Crippen molar-refractivity contribution in [2.75, 3.05) is 17.8 Å². The summed E-state index contributed by atoms with van der Waals surface area (Å²) in [5.74, 6) is -0.384. The van der Waals surface area contributed by atoms with Crippen molar-refractivity contribution in [2.45, 2.75) is 25.5 Å². The van der Waals surface area contributed by atoms with Gasteiger partial charge in [-0.15, -0.1) is 0 Å². The number of hydrogen-bond donors (Lipinski definition) is 2. The van der Waals surface area contributed by atoms with E-state index in [0.29, 0.717) is 15.8 Å². The van der Waals surface area contributed by atoms with Gasteiger partial charge in [0.2, 0.25) is 10.0 Å². The van der Waals surface area contributed by atoms with Crippen LogP contribution in [0.2, 0.25) is 0 Å². The van der Waals surface area contributed by atoms with E-state index in [1.807, 2.05) is 29.5 Å². The molecule has 0 aliphatic carbocycles. The second kappa shape index (κ2) is 7.39. The van der Waals surface area contributed by atoms with Crippen LogP contribution in [0.15, 0.2) is 18.2 Å². The summed E-state index contributed by atoms with van der Waals surface area (Å²) in [7, 11) is -3.47. The maximum absolute atomic E-state index is 13.0. The van der Waals surface area contributed by atoms with Crippen LogP contribution in [-0.4, -0.2) is 26.8 Å². The SMILES string of the molecule is CCCNCC(C)S(=O)(=O)Nc1ccc(F)cc1I. The van der Waals surface area contributed by atoms with E-state index in [1.54, 1.807) is 6.92 Å². The number of hydrogen-bond acceptors (Lipinski definition) is 3. The van der Waals surface area contributed by atoms with E-state index >= 15 is 0 Å². The lowest BCUT2D eigenvalue weighted by atomic mass is 10.3. The average molecular weight is 400 g/mol. The van der Waals surface area contributed by atoms with E-state index in [1.165, 1.54) is 18.2 Å². The molecular formula is C12H18FIN2O2S. The Morgan fingerprint density at radius 2 is 2.11 bits per heavy atom. The Balaban J connectivity index is 2.73. The molecule has 0 saturated heterocycles. The zero-order valence-corrected chi connectivity index (χ0v) is 13.9. The number of nitrogens with one attached hydrogen (secondary N) is 2. The zero-order valence-electron chi connectivity index (χ0n) is 10.9. The van der Waals surface area contributed by atoms with Crippen LogP contribution < -0.4 is 10.0 Å². The molecule has 19 heavy (non-hydrogen) atoms. The van der Waals surface area contributed by atoms with Crippen LogP contribution in [0, 0.1) is 9.39 Å². The Kier molecular flexibility index (Phi) is 6.48. The maximum atomic E-state index is 13.0. The first-order valence-corrected chi connectivity index (χ1v) is 8.66. The molecule has 7 heteroatoms. The highest BCUT2D eigenvalue weighted by Gasteiger charge is 2.21. The average Bonchev–Trinajstić information content (AvgIpc) is 2.33. The monoisotopic (exact) mass is 400 g/mol. The minimum absolute atomic E-state index is 0.384. The molecule has 0 aliphatic heterocycles. The summed E-state index contributed by atoms with van der Waals surface area (Å²) in [6.45, 7) is 4.83. The van der Waals surface area contributed by atoms with Crippen molar-refractivity contribution in [1.29, 1.82) is 0 Å². The quantitative estimate of drug-likeness (QED) is 0.547. The van der Waals surface area contributed by atoms with Gasteiger partial charge in [0.1, 0.15) is 5.82 Å². The molecule has 0 saturated carbocycles. The molecule has 2 N–H and O–H groups in total. The molecular weight excluding hydrogens is 382 g/mol. The van der Waals surface area contributed by atoms with Crippen molar-refractivity contribution in [2.24, 2.45) is 0 Å². The number of rotatable bonds is 7. The summed E-state index contributed by atoms with van der Waals surface area (Å²) in [6.07, 6.45) is 0.954. The van der Waals surface area contributed by atoms with Crippen molar-refractivity contribution in [1.82, 2.24) is 5.32 Å². The van der Waals surface area contributed by atoms with E-state index in [0.717, 1.165) is 13.0 Å². The lowest BCUT2D eigenvalue weighted by Gasteiger charge is -2.16. The fourth-order valence-corrected chi connectivity index (χ4v) is 3.24. The molecule has 0 amide bonds. The topological polar surface area (TPSA) is 58.2 Å². The summed E-state index contributed by atoms with van der Waals surface area (Å²) >= 11 is 1.90. The number of halogens is 2. The van der Waals surface area contributed by atoms with Gasteiger partial charge in [0.15, 0.2) is 0 Å². The normalized spacial score (nSPS) is 13.3. The predicted molar refractivity (Wildman–Crippen MR) is 84.3 cm³/mol. The summed E-state index contributed by atoms with van der Waals surface area (Å²) < 4.78 is 40.2. The van der Waals surface area contributed by atoms with E-state index in [9.17, 15) is 12.8 Å². The van der Waals surface area contributed by atoms with Gasteiger partial charge in [-0.3, -0.25) is 4.72 Å². The van der Waals surface area contributed by atoms with Gasteiger partial charge in [0, 0.05) is 10.1 Å². The number of anilines is 1. The van der Waals surface area contributed by atoms with Gasteiger partial charge in [0.05, 0.1) is 10.9 Å². The van der Waals surface area contributed by atoms with Gasteiger partial charge in [-0.05, 0) is 60.7 Å². The van der Waals surface area contributed by atoms with Gasteiger partial charge in [-0.2, -0.15) is 0 Å². The fourth-order valence-electron chi connectivity index (χ4n) is 1.42. The molecule has 0 heterocycles. The van der Waals surface area contributed by atoms with Crippen LogP contribution >= 0.6 is 22.6 Å². The molecule has 0 radical (unpaired) electrons. The third-order valence-corrected chi connectivity index (χ3v) is 5.19. The molecule has 1 atom stereocenters. The first-order valence-electron chi connectivity index (χ1n) is 6.04. The van der Waals surface area contributed by atoms with E-state index < -0.39 is 15.3 Å². The van der Waals surface area contributed by atoms with Gasteiger partial charge in [-0.1, -0.05) is 6.92 Å². The van der Waals surface area contributed by atoms with Gasteiger partial charge in [0.25, 0.3) is 0 Å². The van der Waals surface area contributed by atoms with Crippen LogP contribution in [0.5, 0.6) is 0 Å². The van der Waals surface area contributed by atoms with Crippen LogP contribution in [0.25, 0.3) is 0 Å². The summed E-state index contributed by atoms with van der Waals surface area (Å²) in [5, 5.41) is 2.51. The second-order valence-electron chi connectivity index (χ2n) is 4.29. The Morgan fingerprint density at radius 3 is 2.68 bits per heavy atom. The molecule has 0 aliphatic rings. The molecule has 1 unspecified atom stereocenters. The lowest BCUT2D eigenvalue weighted by Crippen LogP contribution is -2.35. The molecule has 0 fully saturated rings. The second-order valence-corrected chi connectivity index (χ2v) is 7.55. The summed E-state index contributed by atoms with van der Waals surface area (Å²) in [6, 6.07) is 3.96. The van der Waals surface area contributed by atoms with Crippen LogP contribution in [-0.2, 0) is 10.0 Å². The van der Waals surface area contributed by atoms with Crippen LogP contribution in [0.4, 0.5) is 10.1 Å². The standard InChI is InChI=1S/C12H18FIN2O2S/c1-3-6-15-8-9(2)19(17,18)16-12-5-4-10(13)7-11(12)14/h4-5,7,9,15-16H,3,6,8H2,1-2H3. The van der Waals surface area contributed by atoms with Gasteiger partial charge in [-0.25, -0.2) is 12.8 Å². The molecule has 1 aromatic carbocycles. The Hall–Kier alpha value is -0.410. The van der Waals surface area contributed by atoms with E-state index in [-0.39, 0.29) is 5.82 Å². The highest BCUT2D eigenvalue weighted by atomic mass is 127. The molecule has 0 aromatic heterocycles. The molecule has 0 bridgehead atoms. The minimum atomic E-state index is -3.47. The highest BCUT2D eigenvalue weighted by molar-refractivity contribution is 14.1. The minimum Gasteiger partial charge on any atom is -0.315 e. The largest absolute Gasteiger partial charge is 0.315 e. The van der Waals surface area contributed by atoms with Crippen molar-refractivity contribution in [3.8, 4) is 0 Å². The van der Waals surface area contributed by atoms with Crippen molar-refractivity contribution in [3.63, 3.8) is 0 Å². The maximum Gasteiger partial charge on any atom is 0.236 e. The van der Waals surface area contributed by atoms with E-state index in [4.69, 9.17) is 0 Å². The lowest BCUT2D eigenvalue weighted by molar-refractivity contribution is 0.575. The van der Waals surface area contributed by atoms with Crippen LogP contribution in [0.3, 0.4) is 0 Å². The summed E-state index contributed by atoms with van der Waals surface area (Å²) in [4.78, 5) is 0. The van der Waals surface area contributed by atoms with Crippen molar-refractivity contribution in [3.05, 3.63) is 27.6 Å². The summed E-state index contributed by atoms with van der Waals surface area (Å²) in [5.41, 5.74) is 0.407. The van der Waals surface area contributed by atoms with Gasteiger partial charge < -0.3 is 5.32 Å². The molecule has 1 aromatic rings. The predicted octanol–water partition coefficient (Wildman–Crippen LogP) is 2.56. The molecule has 108 valence electrons. The first-order chi connectivity index (χ1) is 8.86. The Labute approximate surface area is 127 Å². The first kappa shape index (κ1) is 16.6. The van der Waals surface area contributed by atoms with Gasteiger partial charge >= 0.3 is 0 Å². The highest BCUT2D eigenvalue weighted by Crippen LogP contribution is 2.21. The van der Waals surface area contributed by atoms with Crippen molar-refractivity contribution >= 4 is 38.3 Å².